The van der Waals surface area contributed by atoms with Gasteiger partial charge in [-0.15, -0.1) is 0 Å². The van der Waals surface area contributed by atoms with E-state index >= 15 is 0 Å². The predicted molar refractivity (Wildman–Crippen MR) is 255 cm³/mol. The molecule has 0 saturated heterocycles. The molecule has 0 heterocycles. The SMILES string of the molecule is [F][Sb-]([F])([F])([F])([F])[F].[F][Sb-]([F])([F])([F])([F])[F].c1cc(-c2c3c(c4c(c5[c+]2C2CCC5CC2)C2CCC4CC2)C2CCC3CC2)ccc1-c1c2c(c3c(c4[c+]1C1CCC4CC1)C1CCC3CC1)C1CCC2CC1. The van der Waals surface area contributed by atoms with Gasteiger partial charge in [-0.3, -0.25) is 0 Å². The Bertz CT molecular complexity index is 2370. The minimum absolute atomic E-state index is 0.797. The fourth-order valence-corrected chi connectivity index (χ4v) is 18.7. The van der Waals surface area contributed by atoms with Gasteiger partial charge >= 0.3 is 72.7 Å². The monoisotopic (exact) mass is 1210 g/mol. The molecule has 70 heavy (non-hydrogen) atoms. The Hall–Kier alpha value is -1.80. The molecule has 18 aliphatic carbocycles. The summed E-state index contributed by atoms with van der Waals surface area (Å²) in [7, 11) is 0. The number of halogens is 12. The number of hydrogen-bond acceptors (Lipinski definition) is 0. The maximum Gasteiger partial charge on any atom is 0.110 e. The molecular formula is C56H64F12Sb2. The normalized spacial score (nSPS) is 35.9. The van der Waals surface area contributed by atoms with Gasteiger partial charge in [-0.25, -0.2) is 0 Å². The van der Waals surface area contributed by atoms with Gasteiger partial charge in [0.15, 0.2) is 0 Å². The zero-order valence-electron chi connectivity index (χ0n) is 39.6. The van der Waals surface area contributed by atoms with Crippen LogP contribution in [0.15, 0.2) is 24.3 Å². The third kappa shape index (κ3) is 8.67. The van der Waals surface area contributed by atoms with E-state index in [0.29, 0.717) is 0 Å². The summed E-state index contributed by atoms with van der Waals surface area (Å²) in [5, 5.41) is 0. The van der Waals surface area contributed by atoms with Gasteiger partial charge < -0.3 is 0 Å². The van der Waals surface area contributed by atoms with E-state index in [2.05, 4.69) is 24.3 Å². The second-order valence-electron chi connectivity index (χ2n) is 24.5. The predicted octanol–water partition coefficient (Wildman–Crippen LogP) is 20.4. The van der Waals surface area contributed by atoms with Crippen LogP contribution in [0, 0.1) is 0 Å². The minimum atomic E-state index is -11.2. The third-order valence-electron chi connectivity index (χ3n) is 20.7. The standard InChI is InChI=1S/C56H64.12FH.2Sb/c1-2-30-4-3-29(1)43-44(30)48-34-11-19-38(20-12-34)52(48)55(51-37-17-9-33(10-18-37)47(43)51)41-25-27-42(28-26-41)56-53-39-21-13-35(14-22-39)49(53)45-31-5-6-32(8-7-31)46(45)50-36-15-23-40(24-16-36)54(50)56;;;;;;;;;;;;;;/h25-40H,1-24H2;12*1H;;/q+2;;;;;;;;;;;;;2*+5/p-12. The van der Waals surface area contributed by atoms with E-state index in [9.17, 15) is 33.8 Å². The Balaban J connectivity index is 0.000000304. The summed E-state index contributed by atoms with van der Waals surface area (Å²) in [6.07, 6.45) is 35.3. The molecule has 21 rings (SSSR count). The van der Waals surface area contributed by atoms with Crippen LogP contribution in [0.2, 0.25) is 0 Å². The maximum atomic E-state index is 9.93. The zero-order valence-corrected chi connectivity index (χ0v) is 44.7. The number of fused-ring (bicyclic) bond motifs is 12. The second kappa shape index (κ2) is 15.0. The summed E-state index contributed by atoms with van der Waals surface area (Å²) in [5.41, 5.74) is 30.4. The van der Waals surface area contributed by atoms with Crippen LogP contribution >= 0.6 is 0 Å². The molecule has 6 fully saturated rings. The first kappa shape index (κ1) is 47.9. The van der Waals surface area contributed by atoms with Crippen molar-refractivity contribution in [2.75, 3.05) is 0 Å². The Kier molecular flexibility index (Phi) is 10.2. The van der Waals surface area contributed by atoms with Crippen molar-refractivity contribution in [3.63, 3.8) is 0 Å². The number of hydrogen-bond donors (Lipinski definition) is 0. The van der Waals surface area contributed by atoms with Crippen molar-refractivity contribution < 1.29 is 33.8 Å². The topological polar surface area (TPSA) is 0 Å². The fraction of sp³-hybridized carbons (Fsp3) is 0.643. The van der Waals surface area contributed by atoms with Gasteiger partial charge in [-0.1, -0.05) is 0 Å². The van der Waals surface area contributed by atoms with E-state index in [1.165, 1.54) is 154 Å². The molecule has 3 aromatic carbocycles. The minimum Gasteiger partial charge on any atom is -0.0440 e. The van der Waals surface area contributed by atoms with E-state index < -0.39 is 39.0 Å². The van der Waals surface area contributed by atoms with E-state index in [-0.39, 0.29) is 0 Å². The molecule has 12 bridgehead atoms. The number of benzene rings is 1. The van der Waals surface area contributed by atoms with Crippen molar-refractivity contribution in [3.05, 3.63) is 91.0 Å². The van der Waals surface area contributed by atoms with Gasteiger partial charge in [-0.05, 0) is 202 Å². The Labute approximate surface area is 408 Å². The summed E-state index contributed by atoms with van der Waals surface area (Å²) >= 11 is -22.5. The zero-order chi connectivity index (χ0) is 48.8. The van der Waals surface area contributed by atoms with Crippen molar-refractivity contribution in [1.29, 1.82) is 0 Å². The van der Waals surface area contributed by atoms with Crippen LogP contribution in [-0.2, 0) is 0 Å². The van der Waals surface area contributed by atoms with Gasteiger partial charge in [0, 0.05) is 103 Å². The summed E-state index contributed by atoms with van der Waals surface area (Å²) in [6.45, 7) is 0. The first-order valence-corrected chi connectivity index (χ1v) is 38.7. The first-order valence-electron chi connectivity index (χ1n) is 27.1. The van der Waals surface area contributed by atoms with Crippen molar-refractivity contribution in [2.24, 2.45) is 0 Å². The Morgan fingerprint density at radius 2 is 0.443 bits per heavy atom. The molecule has 382 valence electrons. The molecule has 0 N–H and O–H groups in total. The smallest absolute Gasteiger partial charge is 0.0440 e. The molecule has 0 nitrogen and oxygen atoms in total. The van der Waals surface area contributed by atoms with Crippen LogP contribution in [0.3, 0.4) is 0 Å². The summed E-state index contributed by atoms with van der Waals surface area (Å²) in [6, 6.07) is 11.0. The molecule has 0 atom stereocenters. The molecule has 6 saturated carbocycles. The van der Waals surface area contributed by atoms with E-state index in [1.54, 1.807) is 11.1 Å². The molecule has 18 aliphatic rings. The molecule has 0 radical (unpaired) electrons. The van der Waals surface area contributed by atoms with E-state index in [0.717, 1.165) is 71.0 Å². The van der Waals surface area contributed by atoms with E-state index in [1.807, 2.05) is 77.9 Å². The van der Waals surface area contributed by atoms with Gasteiger partial charge in [0.25, 0.3) is 0 Å². The summed E-state index contributed by atoms with van der Waals surface area (Å²) in [5.74, 6) is 9.97. The summed E-state index contributed by atoms with van der Waals surface area (Å²) < 4.78 is 119. The number of rotatable bonds is 2. The van der Waals surface area contributed by atoms with Crippen molar-refractivity contribution >= 4 is 39.0 Å². The molecule has 3 aromatic rings. The van der Waals surface area contributed by atoms with Gasteiger partial charge in [0.1, 0.15) is 11.1 Å². The fourth-order valence-electron chi connectivity index (χ4n) is 18.7. The molecule has 14 heteroatoms. The molecule has 0 spiro atoms. The Morgan fingerprint density at radius 3 is 0.686 bits per heavy atom. The van der Waals surface area contributed by atoms with Crippen LogP contribution in [-0.4, -0.2) is 39.0 Å². The van der Waals surface area contributed by atoms with Crippen LogP contribution in [0.25, 0.3) is 22.3 Å². The molecule has 0 unspecified atom stereocenters. The third-order valence-corrected chi connectivity index (χ3v) is 20.7. The summed E-state index contributed by atoms with van der Waals surface area (Å²) in [4.78, 5) is 0. The largest absolute Gasteiger partial charge is 0.110 e. The van der Waals surface area contributed by atoms with Crippen LogP contribution in [0.4, 0.5) is 33.8 Å². The van der Waals surface area contributed by atoms with Crippen molar-refractivity contribution in [3.8, 4) is 22.3 Å². The average Bonchev–Trinajstić information content (AvgIpc) is 3.60. The molecule has 0 aromatic heterocycles. The quantitative estimate of drug-likeness (QED) is 0.136. The average molecular weight is 1210 g/mol. The van der Waals surface area contributed by atoms with Crippen LogP contribution < -0.4 is 0 Å². The first-order chi connectivity index (χ1) is 32.7. The van der Waals surface area contributed by atoms with Gasteiger partial charge in [-0.2, -0.15) is 0 Å². The van der Waals surface area contributed by atoms with Gasteiger partial charge in [0.05, 0.1) is 22.3 Å². The van der Waals surface area contributed by atoms with E-state index in [4.69, 9.17) is 0 Å². The van der Waals surface area contributed by atoms with Crippen LogP contribution in [0.5, 0.6) is 0 Å². The van der Waals surface area contributed by atoms with Crippen molar-refractivity contribution in [2.45, 2.75) is 225 Å². The van der Waals surface area contributed by atoms with Crippen molar-refractivity contribution in [1.82, 2.24) is 0 Å². The van der Waals surface area contributed by atoms with Crippen LogP contribution in [0.1, 0.15) is 292 Å². The maximum absolute atomic E-state index is 11.2. The molecule has 0 amide bonds. The molecular weight excluding hydrogens is 1140 g/mol. The molecule has 0 aliphatic heterocycles. The second-order valence-corrected chi connectivity index (χ2v) is 35.4. The Morgan fingerprint density at radius 1 is 0.257 bits per heavy atom. The van der Waals surface area contributed by atoms with Gasteiger partial charge in [0.2, 0.25) is 0 Å².